The van der Waals surface area contributed by atoms with Crippen molar-refractivity contribution in [2.45, 2.75) is 0 Å². The Hall–Kier alpha value is -0.770. The van der Waals surface area contributed by atoms with Crippen LogP contribution in [0.2, 0.25) is 0 Å². The summed E-state index contributed by atoms with van der Waals surface area (Å²) in [6.07, 6.45) is 1.85. The van der Waals surface area contributed by atoms with E-state index < -0.39 is 0 Å². The van der Waals surface area contributed by atoms with E-state index >= 15 is 0 Å². The molecule has 3 nitrogen and oxygen atoms in total. The van der Waals surface area contributed by atoms with Gasteiger partial charge in [0.15, 0.2) is 0 Å². The second-order valence-electron chi connectivity index (χ2n) is 2.13. The molecule has 0 saturated heterocycles. The van der Waals surface area contributed by atoms with Crippen LogP contribution in [0.15, 0.2) is 17.2 Å². The van der Waals surface area contributed by atoms with Crippen LogP contribution in [0.5, 0.6) is 0 Å². The third-order valence-corrected chi connectivity index (χ3v) is 1.87. The molecule has 1 rings (SSSR count). The summed E-state index contributed by atoms with van der Waals surface area (Å²) in [6, 6.07) is 0. The maximum absolute atomic E-state index is 4.93. The molecule has 60 valence electrons. The van der Waals surface area contributed by atoms with Gasteiger partial charge in [0.2, 0.25) is 0 Å². The topological polar surface area (TPSA) is 27.1 Å². The Bertz CT molecular complexity index is 280. The van der Waals surface area contributed by atoms with Gasteiger partial charge in [0.05, 0.1) is 11.6 Å². The first kappa shape index (κ1) is 8.33. The van der Waals surface area contributed by atoms with Crippen LogP contribution in [0.1, 0.15) is 5.69 Å². The molecular formula is C7H9BrN2O. The van der Waals surface area contributed by atoms with Crippen molar-refractivity contribution in [2.75, 3.05) is 7.11 Å². The molecule has 0 radical (unpaired) electrons. The molecule has 11 heavy (non-hydrogen) atoms. The normalized spacial score (nSPS) is 9.73. The fourth-order valence-corrected chi connectivity index (χ4v) is 1.34. The Morgan fingerprint density at radius 1 is 1.82 bits per heavy atom. The van der Waals surface area contributed by atoms with Gasteiger partial charge in [0.25, 0.3) is 0 Å². The van der Waals surface area contributed by atoms with Crippen molar-refractivity contribution >= 4 is 21.7 Å². The van der Waals surface area contributed by atoms with Gasteiger partial charge in [-0.1, -0.05) is 6.58 Å². The van der Waals surface area contributed by atoms with Gasteiger partial charge in [-0.3, -0.25) is 4.68 Å². The van der Waals surface area contributed by atoms with Gasteiger partial charge in [-0.05, 0) is 15.9 Å². The first-order chi connectivity index (χ1) is 5.15. The van der Waals surface area contributed by atoms with Crippen LogP contribution < -0.4 is 0 Å². The summed E-state index contributed by atoms with van der Waals surface area (Å²) in [5.41, 5.74) is 0.745. The van der Waals surface area contributed by atoms with Crippen LogP contribution in [0.4, 0.5) is 0 Å². The zero-order chi connectivity index (χ0) is 8.43. The van der Waals surface area contributed by atoms with Crippen LogP contribution >= 0.6 is 15.9 Å². The molecule has 4 heteroatoms. The molecule has 0 amide bonds. The molecule has 0 aliphatic rings. The van der Waals surface area contributed by atoms with E-state index in [2.05, 4.69) is 27.6 Å². The highest BCUT2D eigenvalue weighted by Crippen LogP contribution is 2.20. The van der Waals surface area contributed by atoms with Crippen molar-refractivity contribution in [3.8, 4) is 0 Å². The molecule has 0 bridgehead atoms. The van der Waals surface area contributed by atoms with Gasteiger partial charge in [0.1, 0.15) is 11.5 Å². The minimum Gasteiger partial charge on any atom is -0.495 e. The maximum Gasteiger partial charge on any atom is 0.140 e. The average Bonchev–Trinajstić information content (AvgIpc) is 2.28. The predicted molar refractivity (Wildman–Crippen MR) is 47.0 cm³/mol. The number of aromatic nitrogens is 2. The summed E-state index contributed by atoms with van der Waals surface area (Å²) in [7, 11) is 3.42. The van der Waals surface area contributed by atoms with Crippen LogP contribution in [-0.4, -0.2) is 16.9 Å². The molecule has 0 N–H and O–H groups in total. The lowest BCUT2D eigenvalue weighted by Crippen LogP contribution is -1.91. The van der Waals surface area contributed by atoms with Crippen molar-refractivity contribution in [2.24, 2.45) is 7.05 Å². The Labute approximate surface area is 73.8 Å². The average molecular weight is 217 g/mol. The van der Waals surface area contributed by atoms with E-state index in [0.29, 0.717) is 5.76 Å². The third kappa shape index (κ3) is 1.63. The van der Waals surface area contributed by atoms with Gasteiger partial charge < -0.3 is 4.74 Å². The zero-order valence-electron chi connectivity index (χ0n) is 6.47. The van der Waals surface area contributed by atoms with Gasteiger partial charge >= 0.3 is 0 Å². The van der Waals surface area contributed by atoms with E-state index in [9.17, 15) is 0 Å². The molecule has 1 aromatic heterocycles. The van der Waals surface area contributed by atoms with E-state index in [4.69, 9.17) is 4.74 Å². The molecule has 0 unspecified atom stereocenters. The Balaban J connectivity index is 3.03. The van der Waals surface area contributed by atoms with Gasteiger partial charge in [-0.15, -0.1) is 0 Å². The highest BCUT2D eigenvalue weighted by atomic mass is 79.9. The maximum atomic E-state index is 4.93. The molecule has 0 aliphatic carbocycles. The first-order valence-electron chi connectivity index (χ1n) is 3.07. The summed E-state index contributed by atoms with van der Waals surface area (Å²) in [5, 5.41) is 4.13. The summed E-state index contributed by atoms with van der Waals surface area (Å²) < 4.78 is 7.52. The molecule has 1 heterocycles. The highest BCUT2D eigenvalue weighted by molar-refractivity contribution is 9.10. The molecule has 0 atom stereocenters. The predicted octanol–water partition coefficient (Wildman–Crippen LogP) is 1.80. The Morgan fingerprint density at radius 3 is 2.82 bits per heavy atom. The van der Waals surface area contributed by atoms with E-state index in [-0.39, 0.29) is 0 Å². The number of ether oxygens (including phenoxy) is 1. The fraction of sp³-hybridized carbons (Fsp3) is 0.286. The summed E-state index contributed by atoms with van der Waals surface area (Å²) >= 11 is 3.33. The number of hydrogen-bond acceptors (Lipinski definition) is 2. The van der Waals surface area contributed by atoms with E-state index in [1.54, 1.807) is 11.8 Å². The molecule has 1 aromatic rings. The van der Waals surface area contributed by atoms with E-state index in [1.807, 2.05) is 13.2 Å². The van der Waals surface area contributed by atoms with E-state index in [0.717, 1.165) is 10.2 Å². The van der Waals surface area contributed by atoms with Crippen LogP contribution in [0, 0.1) is 0 Å². The van der Waals surface area contributed by atoms with E-state index in [1.165, 1.54) is 0 Å². The number of aryl methyl sites for hydroxylation is 1. The van der Waals surface area contributed by atoms with Crippen LogP contribution in [-0.2, 0) is 11.8 Å². The number of hydrogen-bond donors (Lipinski definition) is 0. The quantitative estimate of drug-likeness (QED) is 0.706. The smallest absolute Gasteiger partial charge is 0.140 e. The molecular weight excluding hydrogens is 208 g/mol. The Kier molecular flexibility index (Phi) is 2.34. The molecule has 0 saturated carbocycles. The summed E-state index contributed by atoms with van der Waals surface area (Å²) in [5.74, 6) is 0.567. The van der Waals surface area contributed by atoms with Crippen molar-refractivity contribution in [1.82, 2.24) is 9.78 Å². The van der Waals surface area contributed by atoms with Crippen LogP contribution in [0.25, 0.3) is 5.76 Å². The molecule has 0 fully saturated rings. The van der Waals surface area contributed by atoms with Gasteiger partial charge in [0, 0.05) is 13.2 Å². The number of nitrogens with zero attached hydrogens (tertiary/aromatic N) is 2. The number of rotatable bonds is 2. The molecule has 0 aliphatic heterocycles. The first-order valence-corrected chi connectivity index (χ1v) is 3.87. The Morgan fingerprint density at radius 2 is 2.45 bits per heavy atom. The number of methoxy groups -OCH3 is 1. The van der Waals surface area contributed by atoms with Gasteiger partial charge in [-0.2, -0.15) is 5.10 Å². The van der Waals surface area contributed by atoms with Crippen molar-refractivity contribution in [1.29, 1.82) is 0 Å². The third-order valence-electron chi connectivity index (χ3n) is 1.29. The second-order valence-corrected chi connectivity index (χ2v) is 2.98. The largest absolute Gasteiger partial charge is 0.495 e. The SMILES string of the molecule is C=C(OC)c1nn(C)cc1Br. The second kappa shape index (κ2) is 3.09. The van der Waals surface area contributed by atoms with Crippen molar-refractivity contribution in [3.05, 3.63) is 22.9 Å². The number of halogens is 1. The monoisotopic (exact) mass is 216 g/mol. The van der Waals surface area contributed by atoms with Crippen LogP contribution in [0.3, 0.4) is 0 Å². The fourth-order valence-electron chi connectivity index (χ4n) is 0.745. The highest BCUT2D eigenvalue weighted by Gasteiger charge is 2.07. The van der Waals surface area contributed by atoms with Crippen molar-refractivity contribution in [3.63, 3.8) is 0 Å². The molecule has 0 spiro atoms. The zero-order valence-corrected chi connectivity index (χ0v) is 8.05. The lowest BCUT2D eigenvalue weighted by Gasteiger charge is -1.98. The standard InChI is InChI=1S/C7H9BrN2O/c1-5(11-3)7-6(8)4-10(2)9-7/h4H,1H2,2-3H3. The lowest BCUT2D eigenvalue weighted by molar-refractivity contribution is 0.368. The minimum atomic E-state index is 0.567. The minimum absolute atomic E-state index is 0.567. The van der Waals surface area contributed by atoms with Crippen molar-refractivity contribution < 1.29 is 4.74 Å². The molecule has 0 aromatic carbocycles. The lowest BCUT2D eigenvalue weighted by atomic mass is 10.4. The summed E-state index contributed by atoms with van der Waals surface area (Å²) in [6.45, 7) is 3.69. The summed E-state index contributed by atoms with van der Waals surface area (Å²) in [4.78, 5) is 0. The van der Waals surface area contributed by atoms with Gasteiger partial charge in [-0.25, -0.2) is 0 Å².